The van der Waals surface area contributed by atoms with Crippen LogP contribution in [0.4, 0.5) is 10.1 Å². The topological polar surface area (TPSA) is 38.3 Å². The Balaban J connectivity index is 2.04. The van der Waals surface area contributed by atoms with E-state index in [1.807, 2.05) is 19.1 Å². The zero-order chi connectivity index (χ0) is 17.0. The van der Waals surface area contributed by atoms with Crippen molar-refractivity contribution in [2.75, 3.05) is 11.9 Å². The first kappa shape index (κ1) is 17.5. The van der Waals surface area contributed by atoms with E-state index in [-0.39, 0.29) is 24.2 Å². The van der Waals surface area contributed by atoms with Crippen molar-refractivity contribution >= 4 is 27.5 Å². The Morgan fingerprint density at radius 3 is 2.52 bits per heavy atom. The Kier molecular flexibility index (Phi) is 5.77. The Morgan fingerprint density at radius 2 is 1.91 bits per heavy atom. The van der Waals surface area contributed by atoms with Crippen molar-refractivity contribution < 1.29 is 13.9 Å². The van der Waals surface area contributed by atoms with Crippen molar-refractivity contribution in [3.8, 4) is 5.75 Å². The summed E-state index contributed by atoms with van der Waals surface area (Å²) in [6.45, 7) is 6.02. The highest BCUT2D eigenvalue weighted by Crippen LogP contribution is 2.32. The van der Waals surface area contributed by atoms with E-state index in [1.54, 1.807) is 0 Å². The van der Waals surface area contributed by atoms with E-state index in [1.165, 1.54) is 24.3 Å². The molecule has 0 aliphatic rings. The molecule has 0 radical (unpaired) electrons. The van der Waals surface area contributed by atoms with Gasteiger partial charge in [-0.15, -0.1) is 0 Å². The van der Waals surface area contributed by atoms with Crippen LogP contribution >= 0.6 is 15.9 Å². The number of ether oxygens (including phenoxy) is 1. The lowest BCUT2D eigenvalue weighted by molar-refractivity contribution is -0.118. The Morgan fingerprint density at radius 1 is 1.26 bits per heavy atom. The van der Waals surface area contributed by atoms with E-state index in [0.717, 1.165) is 15.6 Å². The number of rotatable bonds is 5. The van der Waals surface area contributed by atoms with E-state index in [0.29, 0.717) is 11.4 Å². The zero-order valence-electron chi connectivity index (χ0n) is 13.3. The summed E-state index contributed by atoms with van der Waals surface area (Å²) in [7, 11) is 0. The monoisotopic (exact) mass is 379 g/mol. The van der Waals surface area contributed by atoms with Gasteiger partial charge in [0, 0.05) is 10.2 Å². The highest BCUT2D eigenvalue weighted by Gasteiger charge is 2.12. The third kappa shape index (κ3) is 4.79. The van der Waals surface area contributed by atoms with Crippen LogP contribution in [0.2, 0.25) is 0 Å². The van der Waals surface area contributed by atoms with Gasteiger partial charge in [-0.1, -0.05) is 29.8 Å². The zero-order valence-corrected chi connectivity index (χ0v) is 14.9. The van der Waals surface area contributed by atoms with Gasteiger partial charge in [-0.2, -0.15) is 0 Å². The quantitative estimate of drug-likeness (QED) is 0.790. The number of nitrogens with one attached hydrogen (secondary N) is 1. The van der Waals surface area contributed by atoms with Gasteiger partial charge in [-0.3, -0.25) is 4.79 Å². The molecule has 122 valence electrons. The van der Waals surface area contributed by atoms with Crippen molar-refractivity contribution in [1.82, 2.24) is 0 Å². The number of hydrogen-bond donors (Lipinski definition) is 1. The number of benzene rings is 2. The van der Waals surface area contributed by atoms with Gasteiger partial charge < -0.3 is 10.1 Å². The minimum Gasteiger partial charge on any atom is -0.483 e. The summed E-state index contributed by atoms with van der Waals surface area (Å²) in [6, 6.07) is 9.56. The van der Waals surface area contributed by atoms with Crippen LogP contribution in [0.25, 0.3) is 0 Å². The lowest BCUT2D eigenvalue weighted by Crippen LogP contribution is -2.20. The molecule has 2 rings (SSSR count). The van der Waals surface area contributed by atoms with Gasteiger partial charge in [0.15, 0.2) is 6.61 Å². The lowest BCUT2D eigenvalue weighted by atomic mass is 10.0. The molecular formula is C18H19BrFNO2. The highest BCUT2D eigenvalue weighted by atomic mass is 79.9. The van der Waals surface area contributed by atoms with E-state index in [2.05, 4.69) is 35.1 Å². The first-order valence-corrected chi connectivity index (χ1v) is 8.14. The summed E-state index contributed by atoms with van der Waals surface area (Å²) in [5.74, 6) is 0.357. The fourth-order valence-electron chi connectivity index (χ4n) is 2.12. The maximum absolute atomic E-state index is 12.8. The molecule has 3 nitrogen and oxygen atoms in total. The molecule has 1 N–H and O–H groups in total. The molecule has 0 fully saturated rings. The molecule has 0 heterocycles. The third-order valence-electron chi connectivity index (χ3n) is 3.40. The first-order valence-electron chi connectivity index (χ1n) is 7.35. The summed E-state index contributed by atoms with van der Waals surface area (Å²) in [5, 5.41) is 2.67. The number of carbonyl (C=O) groups excluding carboxylic acids is 1. The fourth-order valence-corrected chi connectivity index (χ4v) is 2.48. The molecule has 0 spiro atoms. The van der Waals surface area contributed by atoms with Crippen molar-refractivity contribution in [1.29, 1.82) is 0 Å². The number of amides is 1. The van der Waals surface area contributed by atoms with E-state index >= 15 is 0 Å². The van der Waals surface area contributed by atoms with Crippen LogP contribution in [0.5, 0.6) is 5.75 Å². The summed E-state index contributed by atoms with van der Waals surface area (Å²) in [6.07, 6.45) is 0. The summed E-state index contributed by atoms with van der Waals surface area (Å²) >= 11 is 3.51. The minimum atomic E-state index is -0.342. The second kappa shape index (κ2) is 7.59. The van der Waals surface area contributed by atoms with Gasteiger partial charge in [0.25, 0.3) is 5.91 Å². The smallest absolute Gasteiger partial charge is 0.262 e. The molecule has 0 aliphatic carbocycles. The lowest BCUT2D eigenvalue weighted by Gasteiger charge is -2.16. The SMILES string of the molecule is Cc1cc(OCC(=O)Nc2ccc(F)cc2)c(C(C)C)cc1Br. The van der Waals surface area contributed by atoms with Crippen molar-refractivity contribution in [2.24, 2.45) is 0 Å². The van der Waals surface area contributed by atoms with Crippen LogP contribution in [0.15, 0.2) is 40.9 Å². The minimum absolute atomic E-state index is 0.0990. The number of carbonyl (C=O) groups is 1. The van der Waals surface area contributed by atoms with Gasteiger partial charge in [-0.25, -0.2) is 4.39 Å². The van der Waals surface area contributed by atoms with Gasteiger partial charge in [0.2, 0.25) is 0 Å². The molecular weight excluding hydrogens is 361 g/mol. The van der Waals surface area contributed by atoms with Gasteiger partial charge in [0.05, 0.1) is 0 Å². The molecule has 1 amide bonds. The van der Waals surface area contributed by atoms with Crippen LogP contribution in [-0.2, 0) is 4.79 Å². The molecule has 5 heteroatoms. The molecule has 2 aromatic carbocycles. The average Bonchev–Trinajstić information content (AvgIpc) is 2.50. The second-order valence-corrected chi connectivity index (χ2v) is 6.49. The van der Waals surface area contributed by atoms with Crippen LogP contribution < -0.4 is 10.1 Å². The Hall–Kier alpha value is -1.88. The van der Waals surface area contributed by atoms with E-state index < -0.39 is 0 Å². The maximum atomic E-state index is 12.8. The molecule has 2 aromatic rings. The predicted molar refractivity (Wildman–Crippen MR) is 93.5 cm³/mol. The molecule has 23 heavy (non-hydrogen) atoms. The van der Waals surface area contributed by atoms with Crippen LogP contribution in [-0.4, -0.2) is 12.5 Å². The molecule has 0 bridgehead atoms. The maximum Gasteiger partial charge on any atom is 0.262 e. The Bertz CT molecular complexity index is 699. The number of hydrogen-bond acceptors (Lipinski definition) is 2. The summed E-state index contributed by atoms with van der Waals surface area (Å²) in [4.78, 5) is 12.0. The standard InChI is InChI=1S/C18H19BrFNO2/c1-11(2)15-9-16(19)12(3)8-17(15)23-10-18(22)21-14-6-4-13(20)5-7-14/h4-9,11H,10H2,1-3H3,(H,21,22). The van der Waals surface area contributed by atoms with Crippen molar-refractivity contribution in [2.45, 2.75) is 26.7 Å². The van der Waals surface area contributed by atoms with Gasteiger partial charge in [0.1, 0.15) is 11.6 Å². The second-order valence-electron chi connectivity index (χ2n) is 5.64. The molecule has 0 saturated carbocycles. The number of anilines is 1. The predicted octanol–water partition coefficient (Wildman–Crippen LogP) is 5.04. The van der Waals surface area contributed by atoms with Crippen LogP contribution in [0.3, 0.4) is 0 Å². The average molecular weight is 380 g/mol. The Labute approximate surface area is 144 Å². The molecule has 0 aliphatic heterocycles. The van der Waals surface area contributed by atoms with Gasteiger partial charge >= 0.3 is 0 Å². The van der Waals surface area contributed by atoms with Crippen molar-refractivity contribution in [3.05, 3.63) is 57.8 Å². The van der Waals surface area contributed by atoms with Gasteiger partial charge in [-0.05, 0) is 60.4 Å². The first-order chi connectivity index (χ1) is 10.9. The molecule has 0 aromatic heterocycles. The van der Waals surface area contributed by atoms with E-state index in [9.17, 15) is 9.18 Å². The van der Waals surface area contributed by atoms with Crippen LogP contribution in [0.1, 0.15) is 30.9 Å². The largest absolute Gasteiger partial charge is 0.483 e. The normalized spacial score (nSPS) is 10.7. The number of aryl methyl sites for hydroxylation is 1. The van der Waals surface area contributed by atoms with Crippen molar-refractivity contribution in [3.63, 3.8) is 0 Å². The molecule has 0 unspecified atom stereocenters. The third-order valence-corrected chi connectivity index (χ3v) is 4.25. The molecule has 0 saturated heterocycles. The highest BCUT2D eigenvalue weighted by molar-refractivity contribution is 9.10. The molecule has 0 atom stereocenters. The summed E-state index contributed by atoms with van der Waals surface area (Å²) < 4.78 is 19.5. The number of halogens is 2. The fraction of sp³-hybridized carbons (Fsp3) is 0.278. The van der Waals surface area contributed by atoms with E-state index in [4.69, 9.17) is 4.74 Å². The summed E-state index contributed by atoms with van der Waals surface area (Å²) in [5.41, 5.74) is 2.62. The van der Waals surface area contributed by atoms with Crippen LogP contribution in [0, 0.1) is 12.7 Å².